The molecule has 0 spiro atoms. The maximum Gasteiger partial charge on any atom is 0.344 e. The van der Waals surface area contributed by atoms with Gasteiger partial charge in [-0.2, -0.15) is 0 Å². The van der Waals surface area contributed by atoms with Gasteiger partial charge in [-0.3, -0.25) is 0 Å². The van der Waals surface area contributed by atoms with E-state index in [4.69, 9.17) is 14.2 Å². The Bertz CT molecular complexity index is 1060. The Morgan fingerprint density at radius 2 is 1.94 bits per heavy atom. The molecule has 6 nitrogen and oxygen atoms in total. The van der Waals surface area contributed by atoms with Crippen molar-refractivity contribution >= 4 is 50.5 Å². The molecule has 0 saturated carbocycles. The molecular weight excluding hydrogens is 482 g/mol. The first-order valence-electron chi connectivity index (χ1n) is 9.63. The average Bonchev–Trinajstić information content (AvgIpc) is 3.04. The zero-order valence-corrected chi connectivity index (χ0v) is 19.7. The van der Waals surface area contributed by atoms with Crippen LogP contribution >= 0.6 is 27.7 Å². The van der Waals surface area contributed by atoms with Gasteiger partial charge >= 0.3 is 5.97 Å². The summed E-state index contributed by atoms with van der Waals surface area (Å²) >= 11 is 4.70. The molecule has 31 heavy (non-hydrogen) atoms. The molecule has 0 radical (unpaired) electrons. The number of carbonyl (C=O) groups is 1. The van der Waals surface area contributed by atoms with Gasteiger partial charge in [0.2, 0.25) is 0 Å². The van der Waals surface area contributed by atoms with Crippen LogP contribution in [0.3, 0.4) is 0 Å². The van der Waals surface area contributed by atoms with Crippen molar-refractivity contribution < 1.29 is 24.1 Å². The fourth-order valence-corrected chi connectivity index (χ4v) is 4.55. The van der Waals surface area contributed by atoms with Gasteiger partial charge in [0.15, 0.2) is 11.5 Å². The molecule has 8 heteroatoms. The lowest BCUT2D eigenvalue weighted by molar-refractivity contribution is -0.138. The summed E-state index contributed by atoms with van der Waals surface area (Å²) in [4.78, 5) is 17.6. The number of thioether (sulfide) groups is 1. The number of hydrogen-bond acceptors (Lipinski definition) is 7. The molecule has 0 aliphatic carbocycles. The molecule has 2 aromatic rings. The normalized spacial score (nSPS) is 16.1. The summed E-state index contributed by atoms with van der Waals surface area (Å²) in [5, 5.41) is 11.2. The van der Waals surface area contributed by atoms with Gasteiger partial charge in [-0.25, -0.2) is 9.79 Å². The SMILES string of the molecule is CCOC(=O)C1=C(O)/C(=C/c2cc(Br)c(OC)c(OCC)c2)SC1=Nc1ccccc1. The number of aliphatic hydroxyl groups is 1. The van der Waals surface area contributed by atoms with Crippen molar-refractivity contribution in [2.45, 2.75) is 13.8 Å². The summed E-state index contributed by atoms with van der Waals surface area (Å²) in [7, 11) is 1.57. The number of carbonyl (C=O) groups excluding carboxylic acids is 1. The number of methoxy groups -OCH3 is 1. The lowest BCUT2D eigenvalue weighted by Crippen LogP contribution is -2.12. The van der Waals surface area contributed by atoms with Gasteiger partial charge in [0.25, 0.3) is 0 Å². The topological polar surface area (TPSA) is 77.4 Å². The van der Waals surface area contributed by atoms with Crippen LogP contribution in [0.1, 0.15) is 19.4 Å². The summed E-state index contributed by atoms with van der Waals surface area (Å²) in [6.07, 6.45) is 1.76. The minimum absolute atomic E-state index is 0.0552. The Morgan fingerprint density at radius 1 is 1.19 bits per heavy atom. The number of ether oxygens (including phenoxy) is 3. The average molecular weight is 504 g/mol. The standard InChI is InChI=1S/C23H22BrNO5S/c1-4-29-17-12-14(11-16(24)21(17)28-3)13-18-20(26)19(23(27)30-5-2)22(31-18)25-15-9-7-6-8-10-15/h6-13,26H,4-5H2,1-3H3/b18-13-,25-22?. The molecule has 3 rings (SSSR count). The van der Waals surface area contributed by atoms with Crippen LogP contribution in [0, 0.1) is 0 Å². The number of nitrogens with zero attached hydrogens (tertiary/aromatic N) is 1. The largest absolute Gasteiger partial charge is 0.506 e. The van der Waals surface area contributed by atoms with Crippen LogP contribution in [0.25, 0.3) is 6.08 Å². The first-order chi connectivity index (χ1) is 15.0. The van der Waals surface area contributed by atoms with Gasteiger partial charge in [-0.1, -0.05) is 30.0 Å². The number of benzene rings is 2. The smallest absolute Gasteiger partial charge is 0.344 e. The fraction of sp³-hybridized carbons (Fsp3) is 0.217. The van der Waals surface area contributed by atoms with Crippen molar-refractivity contribution in [2.75, 3.05) is 20.3 Å². The van der Waals surface area contributed by atoms with Crippen molar-refractivity contribution in [3.63, 3.8) is 0 Å². The van der Waals surface area contributed by atoms with Crippen LogP contribution in [0.15, 0.2) is 68.2 Å². The summed E-state index contributed by atoms with van der Waals surface area (Å²) in [6.45, 7) is 4.27. The minimum atomic E-state index is -0.614. The number of esters is 1. The Labute approximate surface area is 193 Å². The Balaban J connectivity index is 2.06. The predicted octanol–water partition coefficient (Wildman–Crippen LogP) is 6.05. The molecule has 0 atom stereocenters. The molecule has 1 aliphatic heterocycles. The first-order valence-corrected chi connectivity index (χ1v) is 11.2. The van der Waals surface area contributed by atoms with E-state index in [-0.39, 0.29) is 17.9 Å². The van der Waals surface area contributed by atoms with Crippen LogP contribution in [-0.4, -0.2) is 36.4 Å². The number of halogens is 1. The van der Waals surface area contributed by atoms with E-state index in [0.717, 1.165) is 5.56 Å². The zero-order valence-electron chi connectivity index (χ0n) is 17.3. The van der Waals surface area contributed by atoms with E-state index >= 15 is 0 Å². The summed E-state index contributed by atoms with van der Waals surface area (Å²) in [6, 6.07) is 12.9. The number of para-hydroxylation sites is 1. The van der Waals surface area contributed by atoms with Gasteiger partial charge in [0.1, 0.15) is 16.4 Å². The van der Waals surface area contributed by atoms with Crippen LogP contribution < -0.4 is 9.47 Å². The van der Waals surface area contributed by atoms with Crippen molar-refractivity contribution in [1.82, 2.24) is 0 Å². The molecule has 1 N–H and O–H groups in total. The van der Waals surface area contributed by atoms with Gasteiger partial charge in [-0.05, 0) is 65.7 Å². The maximum atomic E-state index is 12.5. The Morgan fingerprint density at radius 3 is 2.58 bits per heavy atom. The quantitative estimate of drug-likeness (QED) is 0.463. The molecule has 0 bridgehead atoms. The summed E-state index contributed by atoms with van der Waals surface area (Å²) in [5.74, 6) is 0.377. The lowest BCUT2D eigenvalue weighted by atomic mass is 10.1. The van der Waals surface area contributed by atoms with Crippen LogP contribution in [0.2, 0.25) is 0 Å². The second kappa shape index (κ2) is 10.5. The van der Waals surface area contributed by atoms with Crippen LogP contribution in [-0.2, 0) is 9.53 Å². The number of aliphatic imine (C=N–C) groups is 1. The Kier molecular flexibility index (Phi) is 7.81. The van der Waals surface area contributed by atoms with E-state index in [0.29, 0.717) is 38.2 Å². The second-order valence-corrected chi connectivity index (χ2v) is 8.16. The molecular formula is C23H22BrNO5S. The van der Waals surface area contributed by atoms with Crippen LogP contribution in [0.4, 0.5) is 5.69 Å². The molecule has 1 heterocycles. The highest BCUT2D eigenvalue weighted by Gasteiger charge is 2.33. The van der Waals surface area contributed by atoms with Crippen molar-refractivity contribution in [1.29, 1.82) is 0 Å². The van der Waals surface area contributed by atoms with E-state index in [1.807, 2.05) is 49.4 Å². The maximum absolute atomic E-state index is 12.5. The molecule has 1 aliphatic rings. The van der Waals surface area contributed by atoms with E-state index in [1.165, 1.54) is 11.8 Å². The highest BCUT2D eigenvalue weighted by molar-refractivity contribution is 9.10. The van der Waals surface area contributed by atoms with Gasteiger partial charge in [0, 0.05) is 0 Å². The van der Waals surface area contributed by atoms with Crippen molar-refractivity contribution in [3.05, 3.63) is 68.7 Å². The summed E-state index contributed by atoms with van der Waals surface area (Å²) in [5.41, 5.74) is 1.49. The van der Waals surface area contributed by atoms with E-state index < -0.39 is 5.97 Å². The van der Waals surface area contributed by atoms with Gasteiger partial charge in [0.05, 0.1) is 35.4 Å². The lowest BCUT2D eigenvalue weighted by Gasteiger charge is -2.12. The summed E-state index contributed by atoms with van der Waals surface area (Å²) < 4.78 is 16.9. The van der Waals surface area contributed by atoms with Gasteiger partial charge in [-0.15, -0.1) is 0 Å². The molecule has 0 amide bonds. The fourth-order valence-electron chi connectivity index (χ4n) is 2.90. The van der Waals surface area contributed by atoms with E-state index in [9.17, 15) is 9.90 Å². The van der Waals surface area contributed by atoms with Crippen LogP contribution in [0.5, 0.6) is 11.5 Å². The molecule has 0 aromatic heterocycles. The molecule has 0 unspecified atom stereocenters. The van der Waals surface area contributed by atoms with E-state index in [1.54, 1.807) is 20.1 Å². The zero-order chi connectivity index (χ0) is 22.4. The number of hydrogen-bond donors (Lipinski definition) is 1. The molecule has 0 fully saturated rings. The van der Waals surface area contributed by atoms with Crippen molar-refractivity contribution in [2.24, 2.45) is 4.99 Å². The molecule has 0 saturated heterocycles. The minimum Gasteiger partial charge on any atom is -0.506 e. The third kappa shape index (κ3) is 5.32. The molecule has 162 valence electrons. The third-order valence-corrected chi connectivity index (χ3v) is 5.80. The first kappa shape index (κ1) is 23.0. The Hall–Kier alpha value is -2.71. The second-order valence-electron chi connectivity index (χ2n) is 6.27. The highest BCUT2D eigenvalue weighted by atomic mass is 79.9. The van der Waals surface area contributed by atoms with Gasteiger partial charge < -0.3 is 19.3 Å². The van der Waals surface area contributed by atoms with E-state index in [2.05, 4.69) is 20.9 Å². The molecule has 2 aromatic carbocycles. The van der Waals surface area contributed by atoms with Crippen molar-refractivity contribution in [3.8, 4) is 11.5 Å². The highest BCUT2D eigenvalue weighted by Crippen LogP contribution is 2.42. The number of aliphatic hydroxyl groups excluding tert-OH is 1. The predicted molar refractivity (Wildman–Crippen MR) is 127 cm³/mol. The number of rotatable bonds is 7. The third-order valence-electron chi connectivity index (χ3n) is 4.19. The monoisotopic (exact) mass is 503 g/mol.